The van der Waals surface area contributed by atoms with Crippen molar-refractivity contribution in [1.29, 1.82) is 0 Å². The van der Waals surface area contributed by atoms with E-state index in [1.807, 2.05) is 24.3 Å². The Morgan fingerprint density at radius 2 is 1.73 bits per heavy atom. The molecule has 0 saturated carbocycles. The molecule has 0 amide bonds. The van der Waals surface area contributed by atoms with Crippen LogP contribution in [0.3, 0.4) is 0 Å². The van der Waals surface area contributed by atoms with Gasteiger partial charge in [-0.1, -0.05) is 60.1 Å². The minimum absolute atomic E-state index is 0.180. The summed E-state index contributed by atoms with van der Waals surface area (Å²) in [6.45, 7) is 0. The standard InChI is InChI=1S/C23H18ClNO/c24-18-10-4-3-8-16(18)23-22-17(9-5-11-20(22)26)21-15-7-2-1-6-14(15)12-13-19(21)25-23/h1-4,6-8,10,12-13,23,25H,5,9,11H2/t23-/m0/s1. The molecule has 3 heteroatoms. The van der Waals surface area contributed by atoms with Crippen molar-refractivity contribution in [1.82, 2.24) is 0 Å². The predicted octanol–water partition coefficient (Wildman–Crippen LogP) is 6.17. The van der Waals surface area contributed by atoms with E-state index in [2.05, 4.69) is 41.7 Å². The number of hydrogen-bond donors (Lipinski definition) is 1. The number of halogens is 1. The van der Waals surface area contributed by atoms with Gasteiger partial charge in [-0.15, -0.1) is 0 Å². The molecule has 128 valence electrons. The van der Waals surface area contributed by atoms with E-state index in [1.54, 1.807) is 0 Å². The zero-order valence-corrected chi connectivity index (χ0v) is 15.0. The van der Waals surface area contributed by atoms with E-state index < -0.39 is 0 Å². The van der Waals surface area contributed by atoms with Crippen LogP contribution in [0.5, 0.6) is 0 Å². The first-order chi connectivity index (χ1) is 12.7. The van der Waals surface area contributed by atoms with Gasteiger partial charge in [0.05, 0.1) is 6.04 Å². The number of carbonyl (C=O) groups excluding carboxylic acids is 1. The summed E-state index contributed by atoms with van der Waals surface area (Å²) >= 11 is 6.48. The maximum Gasteiger partial charge on any atom is 0.161 e. The minimum atomic E-state index is -0.180. The maximum absolute atomic E-state index is 12.9. The molecular weight excluding hydrogens is 342 g/mol. The number of allylic oxidation sites excluding steroid dienone is 1. The third-order valence-corrected chi connectivity index (χ3v) is 5.84. The van der Waals surface area contributed by atoms with Crippen LogP contribution in [0.1, 0.15) is 36.4 Å². The van der Waals surface area contributed by atoms with Gasteiger partial charge in [0.25, 0.3) is 0 Å². The Hall–Kier alpha value is -2.58. The van der Waals surface area contributed by atoms with Gasteiger partial charge in [0.15, 0.2) is 5.78 Å². The molecule has 3 aromatic rings. The lowest BCUT2D eigenvalue weighted by atomic mass is 9.77. The van der Waals surface area contributed by atoms with E-state index in [0.717, 1.165) is 29.7 Å². The fourth-order valence-corrected chi connectivity index (χ4v) is 4.59. The Bertz CT molecular complexity index is 1080. The highest BCUT2D eigenvalue weighted by atomic mass is 35.5. The van der Waals surface area contributed by atoms with Crippen LogP contribution in [0.2, 0.25) is 5.02 Å². The molecular formula is C23H18ClNO. The monoisotopic (exact) mass is 359 g/mol. The number of nitrogens with one attached hydrogen (secondary N) is 1. The van der Waals surface area contributed by atoms with Gasteiger partial charge in [-0.3, -0.25) is 4.79 Å². The first-order valence-corrected chi connectivity index (χ1v) is 9.41. The van der Waals surface area contributed by atoms with Crippen LogP contribution in [-0.4, -0.2) is 5.78 Å². The predicted molar refractivity (Wildman–Crippen MR) is 108 cm³/mol. The van der Waals surface area contributed by atoms with Crippen LogP contribution >= 0.6 is 11.6 Å². The molecule has 2 aliphatic rings. The van der Waals surface area contributed by atoms with Gasteiger partial charge in [0, 0.05) is 28.3 Å². The van der Waals surface area contributed by atoms with E-state index in [4.69, 9.17) is 11.6 Å². The first kappa shape index (κ1) is 15.7. The topological polar surface area (TPSA) is 29.1 Å². The van der Waals surface area contributed by atoms with E-state index in [-0.39, 0.29) is 11.8 Å². The lowest BCUT2D eigenvalue weighted by molar-refractivity contribution is -0.116. The third kappa shape index (κ3) is 2.29. The Morgan fingerprint density at radius 3 is 2.62 bits per heavy atom. The second-order valence-electron chi connectivity index (χ2n) is 6.98. The molecule has 1 N–H and O–H groups in total. The molecule has 1 aliphatic carbocycles. The Balaban J connectivity index is 1.81. The summed E-state index contributed by atoms with van der Waals surface area (Å²) in [4.78, 5) is 12.9. The van der Waals surface area contributed by atoms with Crippen molar-refractivity contribution in [2.75, 3.05) is 5.32 Å². The quantitative estimate of drug-likeness (QED) is 0.563. The van der Waals surface area contributed by atoms with Crippen molar-refractivity contribution in [2.45, 2.75) is 25.3 Å². The molecule has 1 atom stereocenters. The SMILES string of the molecule is O=C1CCCC2=C1[C@H](c1ccccc1Cl)Nc1ccc3ccccc3c12. The summed E-state index contributed by atoms with van der Waals surface area (Å²) in [6, 6.07) is 20.3. The minimum Gasteiger partial charge on any atom is -0.373 e. The highest BCUT2D eigenvalue weighted by molar-refractivity contribution is 6.31. The number of Topliss-reactive ketones (excluding diaryl/α,β-unsaturated/α-hetero) is 1. The molecule has 3 aromatic carbocycles. The summed E-state index contributed by atoms with van der Waals surface area (Å²) in [5.41, 5.74) is 5.33. The molecule has 0 saturated heterocycles. The maximum atomic E-state index is 12.9. The molecule has 0 bridgehead atoms. The molecule has 0 unspecified atom stereocenters. The highest BCUT2D eigenvalue weighted by Gasteiger charge is 2.35. The van der Waals surface area contributed by atoms with Crippen LogP contribution in [-0.2, 0) is 4.79 Å². The van der Waals surface area contributed by atoms with Gasteiger partial charge in [-0.2, -0.15) is 0 Å². The van der Waals surface area contributed by atoms with Gasteiger partial charge < -0.3 is 5.32 Å². The van der Waals surface area contributed by atoms with Gasteiger partial charge >= 0.3 is 0 Å². The number of ketones is 1. The fraction of sp³-hybridized carbons (Fsp3) is 0.174. The van der Waals surface area contributed by atoms with E-state index in [1.165, 1.54) is 21.9 Å². The van der Waals surface area contributed by atoms with Gasteiger partial charge in [0.1, 0.15) is 0 Å². The van der Waals surface area contributed by atoms with Crippen molar-refractivity contribution >= 4 is 39.4 Å². The number of benzene rings is 3. The normalized spacial score (nSPS) is 19.1. The molecule has 0 aromatic heterocycles. The van der Waals surface area contributed by atoms with Crippen LogP contribution in [0.25, 0.3) is 16.3 Å². The summed E-state index contributed by atoms with van der Waals surface area (Å²) in [5.74, 6) is 0.238. The summed E-state index contributed by atoms with van der Waals surface area (Å²) in [5, 5.41) is 6.72. The Kier molecular flexibility index (Phi) is 3.61. The number of hydrogen-bond acceptors (Lipinski definition) is 2. The molecule has 1 heterocycles. The number of fused-ring (bicyclic) bond motifs is 4. The lowest BCUT2D eigenvalue weighted by Gasteiger charge is -2.35. The van der Waals surface area contributed by atoms with Crippen molar-refractivity contribution in [3.8, 4) is 0 Å². The van der Waals surface area contributed by atoms with Gasteiger partial charge in [-0.05, 0) is 46.9 Å². The average molecular weight is 360 g/mol. The number of rotatable bonds is 1. The Labute approximate surface area is 157 Å². The fourth-order valence-electron chi connectivity index (χ4n) is 4.35. The van der Waals surface area contributed by atoms with Crippen molar-refractivity contribution in [3.63, 3.8) is 0 Å². The van der Waals surface area contributed by atoms with E-state index in [0.29, 0.717) is 11.4 Å². The molecule has 26 heavy (non-hydrogen) atoms. The van der Waals surface area contributed by atoms with Gasteiger partial charge in [-0.25, -0.2) is 0 Å². The molecule has 0 spiro atoms. The summed E-state index contributed by atoms with van der Waals surface area (Å²) in [6.07, 6.45) is 2.46. The molecule has 0 radical (unpaired) electrons. The van der Waals surface area contributed by atoms with Crippen LogP contribution in [0.4, 0.5) is 5.69 Å². The molecule has 5 rings (SSSR count). The van der Waals surface area contributed by atoms with Crippen molar-refractivity contribution < 1.29 is 4.79 Å². The number of anilines is 1. The van der Waals surface area contributed by atoms with Crippen LogP contribution < -0.4 is 5.32 Å². The largest absolute Gasteiger partial charge is 0.373 e. The first-order valence-electron chi connectivity index (χ1n) is 9.03. The summed E-state index contributed by atoms with van der Waals surface area (Å²) in [7, 11) is 0. The van der Waals surface area contributed by atoms with Crippen LogP contribution in [0, 0.1) is 0 Å². The second kappa shape index (κ2) is 6.00. The number of carbonyl (C=O) groups is 1. The highest BCUT2D eigenvalue weighted by Crippen LogP contribution is 2.48. The van der Waals surface area contributed by atoms with Crippen LogP contribution in [0.15, 0.2) is 66.2 Å². The second-order valence-corrected chi connectivity index (χ2v) is 7.38. The molecule has 0 fully saturated rings. The molecule has 2 nitrogen and oxygen atoms in total. The average Bonchev–Trinajstić information content (AvgIpc) is 2.67. The lowest BCUT2D eigenvalue weighted by Crippen LogP contribution is -2.27. The summed E-state index contributed by atoms with van der Waals surface area (Å²) < 4.78 is 0. The molecule has 1 aliphatic heterocycles. The van der Waals surface area contributed by atoms with E-state index >= 15 is 0 Å². The third-order valence-electron chi connectivity index (χ3n) is 5.49. The smallest absolute Gasteiger partial charge is 0.161 e. The van der Waals surface area contributed by atoms with E-state index in [9.17, 15) is 4.79 Å². The zero-order chi connectivity index (χ0) is 17.7. The Morgan fingerprint density at radius 1 is 0.923 bits per heavy atom. The zero-order valence-electron chi connectivity index (χ0n) is 14.3. The van der Waals surface area contributed by atoms with Gasteiger partial charge in [0.2, 0.25) is 0 Å². The van der Waals surface area contributed by atoms with Crippen molar-refractivity contribution in [3.05, 3.63) is 82.4 Å². The van der Waals surface area contributed by atoms with Crippen molar-refractivity contribution in [2.24, 2.45) is 0 Å².